The van der Waals surface area contributed by atoms with Crippen molar-refractivity contribution in [2.24, 2.45) is 0 Å². The van der Waals surface area contributed by atoms with Crippen LogP contribution < -0.4 is 10.6 Å². The molecule has 5 nitrogen and oxygen atoms in total. The fourth-order valence-corrected chi connectivity index (χ4v) is 6.10. The van der Waals surface area contributed by atoms with Gasteiger partial charge in [-0.15, -0.1) is 49.6 Å². The fourth-order valence-electron chi connectivity index (χ4n) is 6.10. The van der Waals surface area contributed by atoms with Crippen molar-refractivity contribution in [2.75, 3.05) is 36.8 Å². The van der Waals surface area contributed by atoms with Gasteiger partial charge in [-0.05, 0) is 86.1 Å². The maximum atomic E-state index is 3.68. The monoisotopic (exact) mass is 722 g/mol. The first-order chi connectivity index (χ1) is 20.6. The van der Waals surface area contributed by atoms with Gasteiger partial charge in [0.15, 0.2) is 0 Å². The third kappa shape index (κ3) is 15.5. The molecule has 0 spiro atoms. The SMILES string of the molecule is Cc1cccc(NC2CCN(Cc3ccccc3)CC2)c1.Cc1cccc(NC2CCN(Cc3ccccc3)CC2)c1.Cl.Cl.Cl.Cl.O. The van der Waals surface area contributed by atoms with E-state index in [0.717, 1.165) is 13.1 Å². The third-order valence-corrected chi connectivity index (χ3v) is 8.45. The van der Waals surface area contributed by atoms with Crippen LogP contribution in [0.4, 0.5) is 11.4 Å². The van der Waals surface area contributed by atoms with Crippen LogP contribution in [0.25, 0.3) is 0 Å². The lowest BCUT2D eigenvalue weighted by molar-refractivity contribution is 0.211. The van der Waals surface area contributed by atoms with E-state index in [-0.39, 0.29) is 55.1 Å². The lowest BCUT2D eigenvalue weighted by Gasteiger charge is -2.33. The van der Waals surface area contributed by atoms with E-state index in [1.54, 1.807) is 0 Å². The number of nitrogens with zero attached hydrogens (tertiary/aromatic N) is 2. The first kappa shape index (κ1) is 44.5. The van der Waals surface area contributed by atoms with Crippen molar-refractivity contribution in [1.82, 2.24) is 9.80 Å². The van der Waals surface area contributed by atoms with Crippen molar-refractivity contribution in [3.05, 3.63) is 131 Å². The Balaban J connectivity index is 0.000000814. The van der Waals surface area contributed by atoms with Crippen molar-refractivity contribution in [3.63, 3.8) is 0 Å². The second-order valence-electron chi connectivity index (χ2n) is 12.1. The number of likely N-dealkylation sites (tertiary alicyclic amines) is 2. The van der Waals surface area contributed by atoms with Crippen LogP contribution in [0.5, 0.6) is 0 Å². The highest BCUT2D eigenvalue weighted by Gasteiger charge is 2.20. The standard InChI is InChI=1S/2C19H24N2.4ClH.H2O/c2*1-16-6-5-9-19(14-16)20-18-10-12-21(13-11-18)15-17-7-3-2-4-8-17;;;;;/h2*2-9,14,18,20H,10-13,15H2,1H3;4*1H;1H2. The average Bonchev–Trinajstić information content (AvgIpc) is 3.01. The molecule has 2 heterocycles. The highest BCUT2D eigenvalue weighted by Crippen LogP contribution is 2.20. The molecule has 47 heavy (non-hydrogen) atoms. The smallest absolute Gasteiger partial charge is 0.0344 e. The predicted molar refractivity (Wildman–Crippen MR) is 212 cm³/mol. The van der Waals surface area contributed by atoms with Gasteiger partial charge in [-0.1, -0.05) is 84.9 Å². The molecule has 4 aromatic rings. The topological polar surface area (TPSA) is 62.0 Å². The molecule has 6 rings (SSSR count). The maximum absolute atomic E-state index is 3.68. The number of nitrogens with one attached hydrogen (secondary N) is 2. The van der Waals surface area contributed by atoms with Gasteiger partial charge in [-0.3, -0.25) is 9.80 Å². The van der Waals surface area contributed by atoms with Gasteiger partial charge in [0.1, 0.15) is 0 Å². The number of aryl methyl sites for hydroxylation is 2. The van der Waals surface area contributed by atoms with Gasteiger partial charge in [0.05, 0.1) is 0 Å². The predicted octanol–water partition coefficient (Wildman–Crippen LogP) is 9.01. The highest BCUT2D eigenvalue weighted by molar-refractivity contribution is 5.86. The number of hydrogen-bond acceptors (Lipinski definition) is 4. The first-order valence-corrected chi connectivity index (χ1v) is 15.8. The van der Waals surface area contributed by atoms with Crippen LogP contribution in [-0.4, -0.2) is 53.5 Å². The average molecular weight is 725 g/mol. The Labute approximate surface area is 307 Å². The number of rotatable bonds is 8. The van der Waals surface area contributed by atoms with Gasteiger partial charge in [0.2, 0.25) is 0 Å². The molecule has 0 aliphatic carbocycles. The highest BCUT2D eigenvalue weighted by atomic mass is 35.5. The molecule has 2 aliphatic heterocycles. The number of piperidine rings is 2. The maximum Gasteiger partial charge on any atom is 0.0344 e. The molecule has 4 aromatic carbocycles. The second kappa shape index (κ2) is 23.8. The fraction of sp³-hybridized carbons (Fsp3) is 0.368. The number of halogens is 4. The quantitative estimate of drug-likeness (QED) is 0.191. The Morgan fingerprint density at radius 2 is 0.830 bits per heavy atom. The van der Waals surface area contributed by atoms with Gasteiger partial charge >= 0.3 is 0 Å². The molecular weight excluding hydrogens is 670 g/mol. The molecule has 0 radical (unpaired) electrons. The zero-order valence-corrected chi connectivity index (χ0v) is 30.9. The Kier molecular flexibility index (Phi) is 22.5. The number of anilines is 2. The van der Waals surface area contributed by atoms with Crippen LogP contribution in [-0.2, 0) is 13.1 Å². The minimum atomic E-state index is 0. The lowest BCUT2D eigenvalue weighted by Crippen LogP contribution is -2.38. The summed E-state index contributed by atoms with van der Waals surface area (Å²) >= 11 is 0. The van der Waals surface area contributed by atoms with Crippen molar-refractivity contribution in [2.45, 2.75) is 64.7 Å². The molecular formula is C38H54Cl4N4O. The zero-order chi connectivity index (χ0) is 29.0. The Morgan fingerprint density at radius 1 is 0.489 bits per heavy atom. The molecule has 9 heteroatoms. The van der Waals surface area contributed by atoms with Gasteiger partial charge in [0, 0.05) is 62.7 Å². The summed E-state index contributed by atoms with van der Waals surface area (Å²) in [6.07, 6.45) is 4.89. The van der Waals surface area contributed by atoms with Crippen LogP contribution in [0.2, 0.25) is 0 Å². The summed E-state index contributed by atoms with van der Waals surface area (Å²) in [7, 11) is 0. The van der Waals surface area contributed by atoms with Crippen LogP contribution in [0.3, 0.4) is 0 Å². The van der Waals surface area contributed by atoms with E-state index in [1.165, 1.54) is 85.5 Å². The minimum absolute atomic E-state index is 0. The summed E-state index contributed by atoms with van der Waals surface area (Å²) in [6, 6.07) is 40.1. The molecule has 2 aliphatic rings. The van der Waals surface area contributed by atoms with E-state index >= 15 is 0 Å². The summed E-state index contributed by atoms with van der Waals surface area (Å²) in [6.45, 7) is 11.2. The largest absolute Gasteiger partial charge is 0.412 e. The molecule has 0 amide bonds. The summed E-state index contributed by atoms with van der Waals surface area (Å²) in [5, 5.41) is 7.36. The summed E-state index contributed by atoms with van der Waals surface area (Å²) < 4.78 is 0. The number of benzene rings is 4. The van der Waals surface area contributed by atoms with Crippen LogP contribution in [0.1, 0.15) is 47.9 Å². The molecule has 0 aromatic heterocycles. The zero-order valence-electron chi connectivity index (χ0n) is 27.6. The van der Waals surface area contributed by atoms with Crippen molar-refractivity contribution >= 4 is 61.0 Å². The second-order valence-corrected chi connectivity index (χ2v) is 12.1. The van der Waals surface area contributed by atoms with Crippen LogP contribution in [0, 0.1) is 13.8 Å². The van der Waals surface area contributed by atoms with Crippen LogP contribution >= 0.6 is 49.6 Å². The summed E-state index contributed by atoms with van der Waals surface area (Å²) in [4.78, 5) is 5.12. The van der Waals surface area contributed by atoms with E-state index in [4.69, 9.17) is 0 Å². The van der Waals surface area contributed by atoms with E-state index < -0.39 is 0 Å². The minimum Gasteiger partial charge on any atom is -0.412 e. The molecule has 2 fully saturated rings. The molecule has 2 saturated heterocycles. The molecule has 0 bridgehead atoms. The summed E-state index contributed by atoms with van der Waals surface area (Å²) in [5.74, 6) is 0. The van der Waals surface area contributed by atoms with Crippen molar-refractivity contribution in [3.8, 4) is 0 Å². The Bertz CT molecular complexity index is 1250. The molecule has 260 valence electrons. The Hall–Kier alpha value is -2.48. The van der Waals surface area contributed by atoms with E-state index in [0.29, 0.717) is 12.1 Å². The Morgan fingerprint density at radius 3 is 1.15 bits per heavy atom. The third-order valence-electron chi connectivity index (χ3n) is 8.45. The molecule has 0 atom stereocenters. The molecule has 0 unspecified atom stereocenters. The first-order valence-electron chi connectivity index (χ1n) is 15.8. The van der Waals surface area contributed by atoms with E-state index in [1.807, 2.05) is 0 Å². The van der Waals surface area contributed by atoms with E-state index in [9.17, 15) is 0 Å². The molecule has 0 saturated carbocycles. The van der Waals surface area contributed by atoms with Gasteiger partial charge in [0.25, 0.3) is 0 Å². The van der Waals surface area contributed by atoms with Gasteiger partial charge < -0.3 is 16.1 Å². The normalized spacial score (nSPS) is 15.0. The van der Waals surface area contributed by atoms with Crippen molar-refractivity contribution in [1.29, 1.82) is 0 Å². The van der Waals surface area contributed by atoms with Crippen LogP contribution in [0.15, 0.2) is 109 Å². The van der Waals surface area contributed by atoms with Gasteiger partial charge in [-0.25, -0.2) is 0 Å². The van der Waals surface area contributed by atoms with Gasteiger partial charge in [-0.2, -0.15) is 0 Å². The van der Waals surface area contributed by atoms with E-state index in [2.05, 4.69) is 143 Å². The molecule has 4 N–H and O–H groups in total. The van der Waals surface area contributed by atoms with Crippen molar-refractivity contribution < 1.29 is 5.48 Å². The number of hydrogen-bond donors (Lipinski definition) is 2. The summed E-state index contributed by atoms with van der Waals surface area (Å²) in [5.41, 5.74) is 8.00. The lowest BCUT2D eigenvalue weighted by atomic mass is 10.0.